The SMILES string of the molecule is Cc1ccc2cc(CO)cc(C)c2n1. The molecule has 0 saturated carbocycles. The molecular weight excluding hydrogens is 174 g/mol. The average Bonchev–Trinajstić information content (AvgIpc) is 2.19. The predicted octanol–water partition coefficient (Wildman–Crippen LogP) is 2.34. The summed E-state index contributed by atoms with van der Waals surface area (Å²) in [6.07, 6.45) is 0. The van der Waals surface area contributed by atoms with Crippen LogP contribution in [-0.2, 0) is 6.61 Å². The summed E-state index contributed by atoms with van der Waals surface area (Å²) in [5.74, 6) is 0. The highest BCUT2D eigenvalue weighted by atomic mass is 16.3. The van der Waals surface area contributed by atoms with Crippen molar-refractivity contribution in [3.63, 3.8) is 0 Å². The fraction of sp³-hybridized carbons (Fsp3) is 0.250. The highest BCUT2D eigenvalue weighted by Gasteiger charge is 2.01. The van der Waals surface area contributed by atoms with Crippen LogP contribution >= 0.6 is 0 Å². The van der Waals surface area contributed by atoms with Gasteiger partial charge in [0.1, 0.15) is 0 Å². The van der Waals surface area contributed by atoms with E-state index < -0.39 is 0 Å². The number of aliphatic hydroxyl groups excluding tert-OH is 1. The van der Waals surface area contributed by atoms with Crippen LogP contribution in [0.3, 0.4) is 0 Å². The normalized spacial score (nSPS) is 10.8. The van der Waals surface area contributed by atoms with Crippen molar-refractivity contribution in [2.75, 3.05) is 0 Å². The van der Waals surface area contributed by atoms with Gasteiger partial charge in [-0.2, -0.15) is 0 Å². The average molecular weight is 187 g/mol. The number of rotatable bonds is 1. The lowest BCUT2D eigenvalue weighted by molar-refractivity contribution is 0.282. The van der Waals surface area contributed by atoms with E-state index >= 15 is 0 Å². The zero-order valence-electron chi connectivity index (χ0n) is 8.41. The molecule has 0 bridgehead atoms. The Hall–Kier alpha value is -1.41. The van der Waals surface area contributed by atoms with Crippen molar-refractivity contribution in [3.8, 4) is 0 Å². The van der Waals surface area contributed by atoms with Crippen LogP contribution in [0.5, 0.6) is 0 Å². The lowest BCUT2D eigenvalue weighted by Crippen LogP contribution is -1.90. The Labute approximate surface area is 83.2 Å². The van der Waals surface area contributed by atoms with E-state index in [1.807, 2.05) is 38.1 Å². The summed E-state index contributed by atoms with van der Waals surface area (Å²) >= 11 is 0. The van der Waals surface area contributed by atoms with Crippen molar-refractivity contribution in [1.29, 1.82) is 0 Å². The molecule has 0 atom stereocenters. The third-order valence-corrected chi connectivity index (χ3v) is 2.36. The number of benzene rings is 1. The van der Waals surface area contributed by atoms with Gasteiger partial charge < -0.3 is 5.11 Å². The highest BCUT2D eigenvalue weighted by Crippen LogP contribution is 2.19. The van der Waals surface area contributed by atoms with Gasteiger partial charge in [-0.3, -0.25) is 4.98 Å². The van der Waals surface area contributed by atoms with Crippen LogP contribution in [0.15, 0.2) is 24.3 Å². The van der Waals surface area contributed by atoms with Gasteiger partial charge in [-0.05, 0) is 37.1 Å². The maximum absolute atomic E-state index is 9.06. The number of aryl methyl sites for hydroxylation is 2. The first kappa shape index (κ1) is 9.16. The summed E-state index contributed by atoms with van der Waals surface area (Å²) in [4.78, 5) is 4.47. The van der Waals surface area contributed by atoms with Gasteiger partial charge in [0, 0.05) is 11.1 Å². The van der Waals surface area contributed by atoms with E-state index in [1.54, 1.807) is 0 Å². The number of hydrogen-bond acceptors (Lipinski definition) is 2. The molecule has 0 aliphatic heterocycles. The van der Waals surface area contributed by atoms with Crippen molar-refractivity contribution in [2.45, 2.75) is 20.5 Å². The molecule has 0 spiro atoms. The maximum atomic E-state index is 9.06. The predicted molar refractivity (Wildman–Crippen MR) is 57.1 cm³/mol. The second-order valence-electron chi connectivity index (χ2n) is 3.60. The Morgan fingerprint density at radius 2 is 2.00 bits per heavy atom. The molecular formula is C12H13NO. The van der Waals surface area contributed by atoms with Crippen LogP contribution in [-0.4, -0.2) is 10.1 Å². The lowest BCUT2D eigenvalue weighted by Gasteiger charge is -2.05. The second kappa shape index (κ2) is 3.39. The van der Waals surface area contributed by atoms with Gasteiger partial charge in [-0.1, -0.05) is 12.1 Å². The van der Waals surface area contributed by atoms with Gasteiger partial charge in [0.2, 0.25) is 0 Å². The molecule has 1 heterocycles. The van der Waals surface area contributed by atoms with Gasteiger partial charge in [0.05, 0.1) is 12.1 Å². The summed E-state index contributed by atoms with van der Waals surface area (Å²) in [6.45, 7) is 4.09. The monoisotopic (exact) mass is 187 g/mol. The van der Waals surface area contributed by atoms with Crippen molar-refractivity contribution in [2.24, 2.45) is 0 Å². The van der Waals surface area contributed by atoms with E-state index in [1.165, 1.54) is 0 Å². The molecule has 0 radical (unpaired) electrons. The number of hydrogen-bond donors (Lipinski definition) is 1. The lowest BCUT2D eigenvalue weighted by atomic mass is 10.1. The first-order valence-electron chi connectivity index (χ1n) is 4.68. The molecule has 2 nitrogen and oxygen atoms in total. The minimum atomic E-state index is 0.0880. The van der Waals surface area contributed by atoms with Gasteiger partial charge in [-0.25, -0.2) is 0 Å². The molecule has 0 aliphatic carbocycles. The van der Waals surface area contributed by atoms with E-state index in [-0.39, 0.29) is 6.61 Å². The number of aliphatic hydroxyl groups is 1. The number of fused-ring (bicyclic) bond motifs is 1. The minimum Gasteiger partial charge on any atom is -0.392 e. The van der Waals surface area contributed by atoms with Crippen LogP contribution in [0.1, 0.15) is 16.8 Å². The first-order valence-corrected chi connectivity index (χ1v) is 4.68. The molecule has 1 N–H and O–H groups in total. The third-order valence-electron chi connectivity index (χ3n) is 2.36. The van der Waals surface area contributed by atoms with Crippen molar-refractivity contribution in [3.05, 3.63) is 41.1 Å². The number of aromatic nitrogens is 1. The van der Waals surface area contributed by atoms with Crippen LogP contribution < -0.4 is 0 Å². The fourth-order valence-corrected chi connectivity index (χ4v) is 1.68. The molecule has 14 heavy (non-hydrogen) atoms. The molecule has 0 amide bonds. The Morgan fingerprint density at radius 3 is 2.71 bits per heavy atom. The molecule has 0 saturated heterocycles. The second-order valence-corrected chi connectivity index (χ2v) is 3.60. The summed E-state index contributed by atoms with van der Waals surface area (Å²) in [5.41, 5.74) is 4.12. The minimum absolute atomic E-state index is 0.0880. The molecule has 72 valence electrons. The number of pyridine rings is 1. The Bertz CT molecular complexity index is 477. The summed E-state index contributed by atoms with van der Waals surface area (Å²) in [6, 6.07) is 8.00. The highest BCUT2D eigenvalue weighted by molar-refractivity contribution is 5.82. The quantitative estimate of drug-likeness (QED) is 0.743. The summed E-state index contributed by atoms with van der Waals surface area (Å²) in [7, 11) is 0. The van der Waals surface area contributed by atoms with Crippen LogP contribution in [0.2, 0.25) is 0 Å². The standard InChI is InChI=1S/C12H13NO/c1-8-5-10(7-14)6-11-4-3-9(2)13-12(8)11/h3-6,14H,7H2,1-2H3. The summed E-state index contributed by atoms with van der Waals surface area (Å²) in [5, 5.41) is 10.2. The van der Waals surface area contributed by atoms with Crippen LogP contribution in [0, 0.1) is 13.8 Å². The van der Waals surface area contributed by atoms with E-state index in [9.17, 15) is 0 Å². The van der Waals surface area contributed by atoms with E-state index in [0.717, 1.165) is 27.7 Å². The molecule has 0 fully saturated rings. The first-order chi connectivity index (χ1) is 6.70. The molecule has 2 heteroatoms. The zero-order chi connectivity index (χ0) is 10.1. The van der Waals surface area contributed by atoms with Crippen molar-refractivity contribution < 1.29 is 5.11 Å². The Balaban J connectivity index is 2.76. The molecule has 0 unspecified atom stereocenters. The van der Waals surface area contributed by atoms with E-state index in [4.69, 9.17) is 5.11 Å². The smallest absolute Gasteiger partial charge is 0.0734 e. The van der Waals surface area contributed by atoms with Crippen LogP contribution in [0.25, 0.3) is 10.9 Å². The summed E-state index contributed by atoms with van der Waals surface area (Å²) < 4.78 is 0. The topological polar surface area (TPSA) is 33.1 Å². The number of nitrogens with zero attached hydrogens (tertiary/aromatic N) is 1. The van der Waals surface area contributed by atoms with Crippen LogP contribution in [0.4, 0.5) is 0 Å². The van der Waals surface area contributed by atoms with Gasteiger partial charge in [0.25, 0.3) is 0 Å². The van der Waals surface area contributed by atoms with Gasteiger partial charge in [-0.15, -0.1) is 0 Å². The Kier molecular flexibility index (Phi) is 2.22. The molecule has 2 rings (SSSR count). The molecule has 1 aromatic carbocycles. The van der Waals surface area contributed by atoms with E-state index in [0.29, 0.717) is 0 Å². The maximum Gasteiger partial charge on any atom is 0.0734 e. The van der Waals surface area contributed by atoms with Crippen molar-refractivity contribution >= 4 is 10.9 Å². The van der Waals surface area contributed by atoms with E-state index in [2.05, 4.69) is 4.98 Å². The fourth-order valence-electron chi connectivity index (χ4n) is 1.68. The van der Waals surface area contributed by atoms with Crippen molar-refractivity contribution in [1.82, 2.24) is 4.98 Å². The molecule has 1 aromatic heterocycles. The largest absolute Gasteiger partial charge is 0.392 e. The third kappa shape index (κ3) is 1.49. The Morgan fingerprint density at radius 1 is 1.21 bits per heavy atom. The molecule has 2 aromatic rings. The zero-order valence-corrected chi connectivity index (χ0v) is 8.41. The van der Waals surface area contributed by atoms with Gasteiger partial charge in [0.15, 0.2) is 0 Å². The van der Waals surface area contributed by atoms with Gasteiger partial charge >= 0.3 is 0 Å². The molecule has 0 aliphatic rings.